The van der Waals surface area contributed by atoms with Gasteiger partial charge in [0, 0.05) is 6.07 Å². The van der Waals surface area contributed by atoms with Crippen LogP contribution < -0.4 is 5.32 Å². The fourth-order valence-corrected chi connectivity index (χ4v) is 1.65. The van der Waals surface area contributed by atoms with Crippen molar-refractivity contribution in [1.82, 2.24) is 9.97 Å². The molecule has 19 heavy (non-hydrogen) atoms. The van der Waals surface area contributed by atoms with Crippen molar-refractivity contribution in [1.29, 1.82) is 0 Å². The summed E-state index contributed by atoms with van der Waals surface area (Å²) < 4.78 is 42.8. The van der Waals surface area contributed by atoms with Crippen molar-refractivity contribution >= 4 is 17.4 Å². The summed E-state index contributed by atoms with van der Waals surface area (Å²) in [5.41, 5.74) is -1.10. The molecule has 1 atom stereocenters. The molecule has 0 amide bonds. The predicted octanol–water partition coefficient (Wildman–Crippen LogP) is 3.91. The highest BCUT2D eigenvalue weighted by molar-refractivity contribution is 6.28. The Morgan fingerprint density at radius 3 is 2.68 bits per heavy atom. The van der Waals surface area contributed by atoms with Gasteiger partial charge >= 0.3 is 6.18 Å². The van der Waals surface area contributed by atoms with Crippen molar-refractivity contribution in [3.63, 3.8) is 0 Å². The number of aromatic nitrogens is 2. The molecule has 0 aromatic carbocycles. The number of halogens is 4. The summed E-state index contributed by atoms with van der Waals surface area (Å²) in [6.45, 7) is 1.72. The largest absolute Gasteiger partial charge is 0.467 e. The van der Waals surface area contributed by atoms with Crippen LogP contribution in [0.1, 0.15) is 24.4 Å². The Balaban J connectivity index is 2.23. The summed E-state index contributed by atoms with van der Waals surface area (Å²) in [6, 6.07) is 3.83. The van der Waals surface area contributed by atoms with E-state index >= 15 is 0 Å². The lowest BCUT2D eigenvalue weighted by Crippen LogP contribution is -2.12. The zero-order valence-electron chi connectivity index (χ0n) is 9.70. The molecule has 0 fully saturated rings. The third kappa shape index (κ3) is 3.37. The molecule has 2 aromatic heterocycles. The Morgan fingerprint density at radius 2 is 2.11 bits per heavy atom. The van der Waals surface area contributed by atoms with E-state index in [-0.39, 0.29) is 11.9 Å². The summed E-state index contributed by atoms with van der Waals surface area (Å²) in [7, 11) is 0. The second-order valence-corrected chi connectivity index (χ2v) is 4.12. The van der Waals surface area contributed by atoms with E-state index in [0.717, 1.165) is 6.07 Å². The lowest BCUT2D eigenvalue weighted by atomic mass is 10.2. The van der Waals surface area contributed by atoms with E-state index in [1.807, 2.05) is 0 Å². The highest BCUT2D eigenvalue weighted by Gasteiger charge is 2.33. The molecule has 0 aliphatic heterocycles. The Kier molecular flexibility index (Phi) is 3.66. The number of rotatable bonds is 3. The summed E-state index contributed by atoms with van der Waals surface area (Å²) in [4.78, 5) is 6.84. The van der Waals surface area contributed by atoms with Gasteiger partial charge in [-0.05, 0) is 30.7 Å². The zero-order valence-corrected chi connectivity index (χ0v) is 10.5. The van der Waals surface area contributed by atoms with Gasteiger partial charge in [0.1, 0.15) is 11.6 Å². The maximum Gasteiger partial charge on any atom is 0.433 e. The normalized spacial score (nSPS) is 13.3. The molecule has 2 aromatic rings. The van der Waals surface area contributed by atoms with Gasteiger partial charge in [-0.15, -0.1) is 0 Å². The van der Waals surface area contributed by atoms with Crippen molar-refractivity contribution < 1.29 is 17.6 Å². The molecule has 1 N–H and O–H groups in total. The molecule has 2 heterocycles. The van der Waals surface area contributed by atoms with Crippen LogP contribution in [0.4, 0.5) is 19.0 Å². The van der Waals surface area contributed by atoms with Crippen molar-refractivity contribution in [3.05, 3.63) is 41.2 Å². The second kappa shape index (κ2) is 5.08. The third-order valence-electron chi connectivity index (χ3n) is 2.32. The van der Waals surface area contributed by atoms with Crippen LogP contribution in [0.2, 0.25) is 5.28 Å². The molecule has 1 unspecified atom stereocenters. The maximum absolute atomic E-state index is 12.6. The molecular weight excluding hydrogens is 283 g/mol. The number of hydrogen-bond acceptors (Lipinski definition) is 4. The van der Waals surface area contributed by atoms with Gasteiger partial charge in [0.15, 0.2) is 5.69 Å². The van der Waals surface area contributed by atoms with Crippen LogP contribution in [0.25, 0.3) is 0 Å². The first-order valence-corrected chi connectivity index (χ1v) is 5.66. The fourth-order valence-electron chi connectivity index (χ4n) is 1.47. The lowest BCUT2D eigenvalue weighted by molar-refractivity contribution is -0.141. The van der Waals surface area contributed by atoms with Crippen LogP contribution >= 0.6 is 11.6 Å². The first kappa shape index (κ1) is 13.7. The minimum absolute atomic E-state index is 0.0174. The van der Waals surface area contributed by atoms with Gasteiger partial charge in [-0.3, -0.25) is 0 Å². The predicted molar refractivity (Wildman–Crippen MR) is 62.8 cm³/mol. The van der Waals surface area contributed by atoms with E-state index in [4.69, 9.17) is 16.0 Å². The van der Waals surface area contributed by atoms with Crippen LogP contribution in [0.15, 0.2) is 28.9 Å². The first-order valence-electron chi connectivity index (χ1n) is 5.28. The highest BCUT2D eigenvalue weighted by Crippen LogP contribution is 2.30. The zero-order chi connectivity index (χ0) is 14.0. The van der Waals surface area contributed by atoms with E-state index in [2.05, 4.69) is 15.3 Å². The van der Waals surface area contributed by atoms with Crippen LogP contribution in [0.3, 0.4) is 0 Å². The van der Waals surface area contributed by atoms with Crippen LogP contribution in [0.5, 0.6) is 0 Å². The first-order chi connectivity index (χ1) is 8.86. The smallest absolute Gasteiger partial charge is 0.433 e. The number of alkyl halides is 3. The number of nitrogens with zero attached hydrogens (tertiary/aromatic N) is 2. The lowest BCUT2D eigenvalue weighted by Gasteiger charge is -2.13. The van der Waals surface area contributed by atoms with Gasteiger partial charge < -0.3 is 9.73 Å². The fraction of sp³-hybridized carbons (Fsp3) is 0.273. The molecule has 0 bridgehead atoms. The third-order valence-corrected chi connectivity index (χ3v) is 2.49. The van der Waals surface area contributed by atoms with Crippen LogP contribution in [0, 0.1) is 0 Å². The molecule has 2 rings (SSSR count). The Hall–Kier alpha value is -1.76. The van der Waals surface area contributed by atoms with E-state index in [0.29, 0.717) is 5.76 Å². The SMILES string of the molecule is CC(Nc1cc(C(F)(F)F)nc(Cl)n1)c1ccco1. The molecule has 8 heteroatoms. The Bertz CT molecular complexity index is 557. The van der Waals surface area contributed by atoms with Gasteiger partial charge in [0.2, 0.25) is 5.28 Å². The molecule has 0 saturated heterocycles. The van der Waals surface area contributed by atoms with Gasteiger partial charge in [0.05, 0.1) is 12.3 Å². The minimum Gasteiger partial charge on any atom is -0.467 e. The van der Waals surface area contributed by atoms with Gasteiger partial charge in [-0.2, -0.15) is 13.2 Å². The Labute approximate surface area is 111 Å². The van der Waals surface area contributed by atoms with Crippen molar-refractivity contribution in [2.75, 3.05) is 5.32 Å². The van der Waals surface area contributed by atoms with E-state index < -0.39 is 17.2 Å². The van der Waals surface area contributed by atoms with E-state index in [1.54, 1.807) is 19.1 Å². The van der Waals surface area contributed by atoms with Gasteiger partial charge in [-0.1, -0.05) is 0 Å². The molecule has 4 nitrogen and oxygen atoms in total. The molecule has 0 aliphatic carbocycles. The molecule has 0 spiro atoms. The summed E-state index contributed by atoms with van der Waals surface area (Å²) >= 11 is 5.48. The van der Waals surface area contributed by atoms with Crippen LogP contribution in [-0.4, -0.2) is 9.97 Å². The number of nitrogens with one attached hydrogen (secondary N) is 1. The van der Waals surface area contributed by atoms with Crippen molar-refractivity contribution in [2.45, 2.75) is 19.1 Å². The van der Waals surface area contributed by atoms with E-state index in [9.17, 15) is 13.2 Å². The number of hydrogen-bond donors (Lipinski definition) is 1. The molecule has 0 radical (unpaired) electrons. The van der Waals surface area contributed by atoms with Gasteiger partial charge in [-0.25, -0.2) is 9.97 Å². The summed E-state index contributed by atoms with van der Waals surface area (Å²) in [6.07, 6.45) is -3.10. The summed E-state index contributed by atoms with van der Waals surface area (Å²) in [5, 5.41) is 2.30. The maximum atomic E-state index is 12.6. The minimum atomic E-state index is -4.57. The number of anilines is 1. The quantitative estimate of drug-likeness (QED) is 0.871. The topological polar surface area (TPSA) is 51.0 Å². The molecular formula is C11H9ClF3N3O. The van der Waals surface area contributed by atoms with Crippen molar-refractivity contribution in [2.24, 2.45) is 0 Å². The Morgan fingerprint density at radius 1 is 1.37 bits per heavy atom. The average molecular weight is 292 g/mol. The summed E-state index contributed by atoms with van der Waals surface area (Å²) in [5.74, 6) is 0.555. The average Bonchev–Trinajstić information content (AvgIpc) is 2.80. The van der Waals surface area contributed by atoms with Crippen LogP contribution in [-0.2, 0) is 6.18 Å². The van der Waals surface area contributed by atoms with Crippen molar-refractivity contribution in [3.8, 4) is 0 Å². The monoisotopic (exact) mass is 291 g/mol. The number of furan rings is 1. The second-order valence-electron chi connectivity index (χ2n) is 3.79. The van der Waals surface area contributed by atoms with E-state index in [1.165, 1.54) is 6.26 Å². The highest BCUT2D eigenvalue weighted by atomic mass is 35.5. The molecule has 0 saturated carbocycles. The molecule has 102 valence electrons. The molecule has 0 aliphatic rings. The van der Waals surface area contributed by atoms with Gasteiger partial charge in [0.25, 0.3) is 0 Å². The standard InChI is InChI=1S/C11H9ClF3N3O/c1-6(7-3-2-4-19-7)16-9-5-8(11(13,14)15)17-10(12)18-9/h2-6H,1H3,(H,16,17,18).